The highest BCUT2D eigenvalue weighted by atomic mass is 16.5. The summed E-state index contributed by atoms with van der Waals surface area (Å²) in [5, 5.41) is 0. The maximum absolute atomic E-state index is 12.8. The van der Waals surface area contributed by atoms with Crippen LogP contribution in [-0.4, -0.2) is 49.6 Å². The molecule has 2 aromatic rings. The number of nitrogens with zero attached hydrogens (tertiary/aromatic N) is 2. The van der Waals surface area contributed by atoms with Gasteiger partial charge in [0.15, 0.2) is 6.10 Å². The van der Waals surface area contributed by atoms with E-state index in [0.717, 1.165) is 11.3 Å². The van der Waals surface area contributed by atoms with Gasteiger partial charge in [0.25, 0.3) is 5.91 Å². The van der Waals surface area contributed by atoms with Crippen molar-refractivity contribution in [1.29, 1.82) is 0 Å². The van der Waals surface area contributed by atoms with Gasteiger partial charge in [0.05, 0.1) is 12.8 Å². The van der Waals surface area contributed by atoms with E-state index >= 15 is 0 Å². The fourth-order valence-corrected chi connectivity index (χ4v) is 3.55. The molecular weight excluding hydrogens is 368 g/mol. The van der Waals surface area contributed by atoms with Crippen molar-refractivity contribution in [2.45, 2.75) is 38.8 Å². The molecule has 6 heteroatoms. The third-order valence-corrected chi connectivity index (χ3v) is 5.39. The maximum Gasteiger partial charge on any atom is 0.267 e. The van der Waals surface area contributed by atoms with Gasteiger partial charge in [-0.1, -0.05) is 30.3 Å². The zero-order valence-electron chi connectivity index (χ0n) is 17.4. The van der Waals surface area contributed by atoms with Gasteiger partial charge in [-0.3, -0.25) is 9.59 Å². The molecule has 0 N–H and O–H groups in total. The second-order valence-electron chi connectivity index (χ2n) is 7.34. The first-order valence-corrected chi connectivity index (χ1v) is 9.87. The summed E-state index contributed by atoms with van der Waals surface area (Å²) >= 11 is 0. The van der Waals surface area contributed by atoms with Crippen LogP contribution >= 0.6 is 0 Å². The highest BCUT2D eigenvalue weighted by molar-refractivity contribution is 6.00. The monoisotopic (exact) mass is 396 g/mol. The first-order valence-electron chi connectivity index (χ1n) is 9.87. The second kappa shape index (κ2) is 8.99. The Bertz CT molecular complexity index is 883. The molecule has 0 saturated carbocycles. The van der Waals surface area contributed by atoms with Gasteiger partial charge in [-0.15, -0.1) is 0 Å². The van der Waals surface area contributed by atoms with Gasteiger partial charge >= 0.3 is 0 Å². The molecule has 0 saturated heterocycles. The quantitative estimate of drug-likeness (QED) is 0.721. The highest BCUT2D eigenvalue weighted by Crippen LogP contribution is 2.33. The fraction of sp³-hybridized carbons (Fsp3) is 0.391. The average molecular weight is 396 g/mol. The van der Waals surface area contributed by atoms with E-state index in [1.54, 1.807) is 30.9 Å². The van der Waals surface area contributed by atoms with Gasteiger partial charge in [0.1, 0.15) is 11.5 Å². The minimum atomic E-state index is -0.554. The number of methoxy groups -OCH3 is 1. The van der Waals surface area contributed by atoms with E-state index in [1.165, 1.54) is 0 Å². The Labute approximate surface area is 172 Å². The fourth-order valence-electron chi connectivity index (χ4n) is 3.55. The van der Waals surface area contributed by atoms with Crippen molar-refractivity contribution in [2.75, 3.05) is 25.6 Å². The molecule has 0 unspecified atom stereocenters. The van der Waals surface area contributed by atoms with Crippen LogP contribution in [0.2, 0.25) is 0 Å². The molecule has 0 bridgehead atoms. The molecule has 1 aliphatic rings. The van der Waals surface area contributed by atoms with Gasteiger partial charge in [-0.05, 0) is 44.0 Å². The average Bonchev–Trinajstić information content (AvgIpc) is 2.73. The van der Waals surface area contributed by atoms with Gasteiger partial charge < -0.3 is 19.3 Å². The number of ether oxygens (including phenoxy) is 2. The van der Waals surface area contributed by atoms with Gasteiger partial charge in [-0.25, -0.2) is 0 Å². The van der Waals surface area contributed by atoms with Crippen LogP contribution in [0.3, 0.4) is 0 Å². The smallest absolute Gasteiger partial charge is 0.267 e. The van der Waals surface area contributed by atoms with Crippen LogP contribution in [0.1, 0.15) is 25.8 Å². The van der Waals surface area contributed by atoms with Crippen LogP contribution in [0.25, 0.3) is 0 Å². The largest absolute Gasteiger partial charge is 0.496 e. The number of rotatable bonds is 7. The summed E-state index contributed by atoms with van der Waals surface area (Å²) in [7, 11) is 3.46. The number of hydrogen-bond donors (Lipinski definition) is 0. The van der Waals surface area contributed by atoms with Crippen LogP contribution in [0, 0.1) is 0 Å². The number of amides is 2. The molecule has 3 rings (SSSR count). The summed E-state index contributed by atoms with van der Waals surface area (Å²) < 4.78 is 11.1. The second-order valence-corrected chi connectivity index (χ2v) is 7.34. The molecule has 1 heterocycles. The zero-order valence-corrected chi connectivity index (χ0v) is 17.4. The Morgan fingerprint density at radius 2 is 1.90 bits per heavy atom. The Kier molecular flexibility index (Phi) is 6.42. The normalized spacial score (nSPS) is 16.6. The lowest BCUT2D eigenvalue weighted by atomic mass is 10.0. The molecule has 0 aromatic heterocycles. The van der Waals surface area contributed by atoms with Gasteiger partial charge in [-0.2, -0.15) is 0 Å². The van der Waals surface area contributed by atoms with Crippen molar-refractivity contribution in [3.8, 4) is 11.5 Å². The lowest BCUT2D eigenvalue weighted by Crippen LogP contribution is -2.46. The molecular formula is C23H28N2O4. The van der Waals surface area contributed by atoms with Crippen molar-refractivity contribution in [3.63, 3.8) is 0 Å². The Balaban J connectivity index is 1.63. The SMILES string of the molecule is COc1ccccc1C[C@H](C)N(C)C(=O)CCN1C(=O)[C@H](C)Oc2ccccc21. The first-order chi connectivity index (χ1) is 13.9. The molecule has 0 fully saturated rings. The van der Waals surface area contributed by atoms with E-state index in [9.17, 15) is 9.59 Å². The molecule has 0 spiro atoms. The number of anilines is 1. The molecule has 154 valence electrons. The van der Waals surface area contributed by atoms with Crippen LogP contribution in [0.4, 0.5) is 5.69 Å². The summed E-state index contributed by atoms with van der Waals surface area (Å²) in [6.07, 6.45) is 0.393. The Hall–Kier alpha value is -3.02. The van der Waals surface area contributed by atoms with Crippen molar-refractivity contribution in [3.05, 3.63) is 54.1 Å². The van der Waals surface area contributed by atoms with Gasteiger partial charge in [0.2, 0.25) is 5.91 Å². The Morgan fingerprint density at radius 1 is 1.21 bits per heavy atom. The predicted molar refractivity (Wildman–Crippen MR) is 112 cm³/mol. The minimum Gasteiger partial charge on any atom is -0.496 e. The van der Waals surface area contributed by atoms with E-state index < -0.39 is 6.10 Å². The van der Waals surface area contributed by atoms with Crippen molar-refractivity contribution in [2.24, 2.45) is 0 Å². The van der Waals surface area contributed by atoms with Crippen molar-refractivity contribution < 1.29 is 19.1 Å². The lowest BCUT2D eigenvalue weighted by Gasteiger charge is -2.33. The lowest BCUT2D eigenvalue weighted by molar-refractivity contribution is -0.131. The van der Waals surface area contributed by atoms with Crippen molar-refractivity contribution >= 4 is 17.5 Å². The summed E-state index contributed by atoms with van der Waals surface area (Å²) in [4.78, 5) is 28.8. The number of carbonyl (C=O) groups excluding carboxylic acids is 2. The number of fused-ring (bicyclic) bond motifs is 1. The van der Waals surface area contributed by atoms with E-state index in [-0.39, 0.29) is 24.3 Å². The summed E-state index contributed by atoms with van der Waals surface area (Å²) in [6, 6.07) is 15.3. The topological polar surface area (TPSA) is 59.1 Å². The summed E-state index contributed by atoms with van der Waals surface area (Å²) in [6.45, 7) is 4.07. The molecule has 1 aliphatic heterocycles. The van der Waals surface area contributed by atoms with Crippen LogP contribution in [0.15, 0.2) is 48.5 Å². The van der Waals surface area contributed by atoms with E-state index in [1.807, 2.05) is 55.5 Å². The maximum atomic E-state index is 12.8. The number of likely N-dealkylation sites (N-methyl/N-ethyl adjacent to an activating group) is 1. The van der Waals surface area contributed by atoms with Crippen LogP contribution < -0.4 is 14.4 Å². The molecule has 2 amide bonds. The molecule has 0 aliphatic carbocycles. The van der Waals surface area contributed by atoms with Crippen molar-refractivity contribution in [1.82, 2.24) is 4.90 Å². The number of carbonyl (C=O) groups is 2. The molecule has 0 radical (unpaired) electrons. The van der Waals surface area contributed by atoms with Crippen LogP contribution in [-0.2, 0) is 16.0 Å². The van der Waals surface area contributed by atoms with Crippen LogP contribution in [0.5, 0.6) is 11.5 Å². The van der Waals surface area contributed by atoms with E-state index in [2.05, 4.69) is 0 Å². The number of hydrogen-bond acceptors (Lipinski definition) is 4. The highest BCUT2D eigenvalue weighted by Gasteiger charge is 2.31. The van der Waals surface area contributed by atoms with E-state index in [4.69, 9.17) is 9.47 Å². The zero-order chi connectivity index (χ0) is 21.0. The molecule has 2 aromatic carbocycles. The number of benzene rings is 2. The first kappa shape index (κ1) is 20.7. The Morgan fingerprint density at radius 3 is 2.66 bits per heavy atom. The third-order valence-electron chi connectivity index (χ3n) is 5.39. The van der Waals surface area contributed by atoms with Gasteiger partial charge in [0, 0.05) is 26.1 Å². The van der Waals surface area contributed by atoms with E-state index in [0.29, 0.717) is 24.4 Å². The third kappa shape index (κ3) is 4.53. The summed E-state index contributed by atoms with van der Waals surface area (Å²) in [5.74, 6) is 1.37. The predicted octanol–water partition coefficient (Wildman–Crippen LogP) is 3.29. The molecule has 29 heavy (non-hydrogen) atoms. The molecule has 6 nitrogen and oxygen atoms in total. The number of para-hydroxylation sites is 3. The minimum absolute atomic E-state index is 0.00294. The standard InChI is InChI=1S/C23H28N2O4/c1-16(15-18-9-5-7-11-20(18)28-4)24(3)22(26)13-14-25-19-10-6-8-12-21(19)29-17(2)23(25)27/h5-12,16-17H,13-15H2,1-4H3/t16-,17-/m0/s1. The molecule has 2 atom stereocenters. The summed E-state index contributed by atoms with van der Waals surface area (Å²) in [5.41, 5.74) is 1.78.